The van der Waals surface area contributed by atoms with Gasteiger partial charge >= 0.3 is 0 Å². The number of nitrogens with zero attached hydrogens (tertiary/aromatic N) is 1. The molecule has 0 aliphatic carbocycles. The highest BCUT2D eigenvalue weighted by molar-refractivity contribution is 5.79. The molecular weight excluding hydrogens is 238 g/mol. The number of aromatic nitrogens is 2. The van der Waals surface area contributed by atoms with Crippen LogP contribution in [0, 0.1) is 0 Å². The lowest BCUT2D eigenvalue weighted by Gasteiger charge is -2.07. The molecule has 4 heteroatoms. The van der Waals surface area contributed by atoms with Crippen LogP contribution in [0.4, 0.5) is 0 Å². The number of hydrogen-bond acceptors (Lipinski definition) is 3. The van der Waals surface area contributed by atoms with Crippen molar-refractivity contribution in [3.63, 3.8) is 0 Å². The summed E-state index contributed by atoms with van der Waals surface area (Å²) in [5.41, 5.74) is 3.45. The number of benzene rings is 1. The molecule has 19 heavy (non-hydrogen) atoms. The van der Waals surface area contributed by atoms with Crippen LogP contribution >= 0.6 is 0 Å². The van der Waals surface area contributed by atoms with Crippen LogP contribution in [0.25, 0.3) is 22.6 Å². The Labute approximate surface area is 110 Å². The van der Waals surface area contributed by atoms with Crippen LogP contribution in [0.1, 0.15) is 17.9 Å². The Balaban J connectivity index is 1.77. The largest absolute Gasteiger partial charge is 0.461 e. The van der Waals surface area contributed by atoms with Gasteiger partial charge in [-0.15, -0.1) is 0 Å². The third-order valence-electron chi connectivity index (χ3n) is 3.79. The van der Waals surface area contributed by atoms with Gasteiger partial charge in [-0.25, -0.2) is 4.98 Å². The fourth-order valence-corrected chi connectivity index (χ4v) is 2.75. The Kier molecular flexibility index (Phi) is 2.42. The highest BCUT2D eigenvalue weighted by atomic mass is 16.3. The van der Waals surface area contributed by atoms with E-state index in [-0.39, 0.29) is 0 Å². The third kappa shape index (κ3) is 1.85. The topological polar surface area (TPSA) is 53.9 Å². The fraction of sp³-hybridized carbons (Fsp3) is 0.267. The Morgan fingerprint density at radius 3 is 3.05 bits per heavy atom. The predicted octanol–water partition coefficient (Wildman–Crippen LogP) is 2.90. The summed E-state index contributed by atoms with van der Waals surface area (Å²) in [4.78, 5) is 7.89. The maximum absolute atomic E-state index is 5.38. The van der Waals surface area contributed by atoms with E-state index < -0.39 is 0 Å². The van der Waals surface area contributed by atoms with Crippen LogP contribution in [-0.4, -0.2) is 23.1 Å². The summed E-state index contributed by atoms with van der Waals surface area (Å²) in [6.45, 7) is 2.19. The molecular formula is C15H15N3O. The molecule has 0 amide bonds. The molecule has 2 N–H and O–H groups in total. The van der Waals surface area contributed by atoms with Gasteiger partial charge in [0.05, 0.1) is 17.3 Å². The fourth-order valence-electron chi connectivity index (χ4n) is 2.75. The quantitative estimate of drug-likeness (QED) is 0.738. The maximum atomic E-state index is 5.38. The molecule has 4 rings (SSSR count). The van der Waals surface area contributed by atoms with E-state index in [2.05, 4.69) is 33.5 Å². The Hall–Kier alpha value is -2.07. The summed E-state index contributed by atoms with van der Waals surface area (Å²) in [7, 11) is 0. The van der Waals surface area contributed by atoms with Crippen molar-refractivity contribution in [2.45, 2.75) is 12.3 Å². The van der Waals surface area contributed by atoms with Crippen molar-refractivity contribution in [1.29, 1.82) is 0 Å². The first-order valence-corrected chi connectivity index (χ1v) is 6.64. The van der Waals surface area contributed by atoms with E-state index in [0.717, 1.165) is 35.7 Å². The van der Waals surface area contributed by atoms with E-state index in [4.69, 9.17) is 4.42 Å². The number of rotatable bonds is 2. The van der Waals surface area contributed by atoms with Crippen molar-refractivity contribution in [2.24, 2.45) is 0 Å². The molecule has 4 nitrogen and oxygen atoms in total. The number of nitrogens with one attached hydrogen (secondary N) is 2. The molecule has 1 aliphatic rings. The van der Waals surface area contributed by atoms with Crippen molar-refractivity contribution >= 4 is 11.0 Å². The van der Waals surface area contributed by atoms with Crippen LogP contribution in [0.5, 0.6) is 0 Å². The van der Waals surface area contributed by atoms with Gasteiger partial charge in [0, 0.05) is 6.54 Å². The van der Waals surface area contributed by atoms with E-state index in [1.165, 1.54) is 12.0 Å². The Morgan fingerprint density at radius 1 is 1.26 bits per heavy atom. The van der Waals surface area contributed by atoms with Gasteiger partial charge in [-0.05, 0) is 48.7 Å². The van der Waals surface area contributed by atoms with Gasteiger partial charge in [-0.2, -0.15) is 0 Å². The molecule has 1 aliphatic heterocycles. The lowest BCUT2D eigenvalue weighted by atomic mass is 9.98. The first kappa shape index (κ1) is 10.8. The highest BCUT2D eigenvalue weighted by Gasteiger charge is 2.17. The Morgan fingerprint density at radius 2 is 2.26 bits per heavy atom. The van der Waals surface area contributed by atoms with Crippen molar-refractivity contribution in [2.75, 3.05) is 13.1 Å². The zero-order valence-electron chi connectivity index (χ0n) is 10.5. The number of furan rings is 1. The first-order chi connectivity index (χ1) is 9.40. The maximum Gasteiger partial charge on any atom is 0.174 e. The second-order valence-corrected chi connectivity index (χ2v) is 5.03. The predicted molar refractivity (Wildman–Crippen MR) is 74.0 cm³/mol. The second-order valence-electron chi connectivity index (χ2n) is 5.03. The summed E-state index contributed by atoms with van der Waals surface area (Å²) in [6, 6.07) is 10.3. The molecule has 96 valence electrons. The van der Waals surface area contributed by atoms with Crippen LogP contribution in [0.2, 0.25) is 0 Å². The van der Waals surface area contributed by atoms with Gasteiger partial charge in [0.15, 0.2) is 11.6 Å². The number of H-pyrrole nitrogens is 1. The number of imidazole rings is 1. The molecule has 0 saturated carbocycles. The van der Waals surface area contributed by atoms with Gasteiger partial charge in [0.2, 0.25) is 0 Å². The molecule has 1 unspecified atom stereocenters. The van der Waals surface area contributed by atoms with Crippen LogP contribution in [-0.2, 0) is 0 Å². The third-order valence-corrected chi connectivity index (χ3v) is 3.79. The number of aromatic amines is 1. The zero-order chi connectivity index (χ0) is 12.7. The first-order valence-electron chi connectivity index (χ1n) is 6.64. The monoisotopic (exact) mass is 253 g/mol. The van der Waals surface area contributed by atoms with E-state index in [1.54, 1.807) is 6.26 Å². The zero-order valence-corrected chi connectivity index (χ0v) is 10.5. The van der Waals surface area contributed by atoms with Crippen molar-refractivity contribution in [1.82, 2.24) is 15.3 Å². The Bertz CT molecular complexity index is 693. The minimum atomic E-state index is 0.625. The molecule has 0 bridgehead atoms. The van der Waals surface area contributed by atoms with E-state index >= 15 is 0 Å². The molecule has 1 atom stereocenters. The highest BCUT2D eigenvalue weighted by Crippen LogP contribution is 2.27. The second kappa shape index (κ2) is 4.24. The van der Waals surface area contributed by atoms with Gasteiger partial charge < -0.3 is 14.7 Å². The molecule has 3 aromatic rings. The van der Waals surface area contributed by atoms with Gasteiger partial charge in [-0.3, -0.25) is 0 Å². The summed E-state index contributed by atoms with van der Waals surface area (Å²) in [5.74, 6) is 2.20. The molecule has 1 fully saturated rings. The van der Waals surface area contributed by atoms with Gasteiger partial charge in [0.1, 0.15) is 0 Å². The van der Waals surface area contributed by atoms with E-state index in [0.29, 0.717) is 5.92 Å². The average molecular weight is 253 g/mol. The van der Waals surface area contributed by atoms with Crippen molar-refractivity contribution < 1.29 is 4.42 Å². The van der Waals surface area contributed by atoms with E-state index in [1.807, 2.05) is 12.1 Å². The average Bonchev–Trinajstić information content (AvgIpc) is 3.18. The summed E-state index contributed by atoms with van der Waals surface area (Å²) in [5, 5.41) is 3.41. The standard InChI is InChI=1S/C15H15N3O/c1-2-14(19-7-1)15-17-12-4-3-10(8-13(12)18-15)11-5-6-16-9-11/h1-4,7-8,11,16H,5-6,9H2,(H,17,18). The number of fused-ring (bicyclic) bond motifs is 1. The molecule has 1 aromatic carbocycles. The summed E-state index contributed by atoms with van der Waals surface area (Å²) >= 11 is 0. The van der Waals surface area contributed by atoms with Crippen molar-refractivity contribution in [3.8, 4) is 11.6 Å². The summed E-state index contributed by atoms with van der Waals surface area (Å²) in [6.07, 6.45) is 2.88. The van der Waals surface area contributed by atoms with Crippen LogP contribution < -0.4 is 5.32 Å². The lowest BCUT2D eigenvalue weighted by Crippen LogP contribution is -2.07. The molecule has 2 aromatic heterocycles. The molecule has 0 radical (unpaired) electrons. The van der Waals surface area contributed by atoms with Crippen LogP contribution in [0.15, 0.2) is 41.0 Å². The SMILES string of the molecule is c1coc(-c2nc3ccc(C4CCNC4)cc3[nH]2)c1. The normalized spacial score (nSPS) is 19.3. The van der Waals surface area contributed by atoms with Gasteiger partial charge in [-0.1, -0.05) is 6.07 Å². The minimum Gasteiger partial charge on any atom is -0.461 e. The van der Waals surface area contributed by atoms with Crippen LogP contribution in [0.3, 0.4) is 0 Å². The van der Waals surface area contributed by atoms with E-state index in [9.17, 15) is 0 Å². The smallest absolute Gasteiger partial charge is 0.174 e. The van der Waals surface area contributed by atoms with Crippen molar-refractivity contribution in [3.05, 3.63) is 42.2 Å². The minimum absolute atomic E-state index is 0.625. The molecule has 0 spiro atoms. The lowest BCUT2D eigenvalue weighted by molar-refractivity contribution is 0.578. The van der Waals surface area contributed by atoms with Gasteiger partial charge in [0.25, 0.3) is 0 Å². The number of hydrogen-bond donors (Lipinski definition) is 2. The summed E-state index contributed by atoms with van der Waals surface area (Å²) < 4.78 is 5.38. The molecule has 1 saturated heterocycles. The molecule has 3 heterocycles.